The molecule has 2 unspecified atom stereocenters. The summed E-state index contributed by atoms with van der Waals surface area (Å²) in [5, 5.41) is 17.3. The highest BCUT2D eigenvalue weighted by Gasteiger charge is 2.24. The number of nitro benzene ring substituents is 1. The predicted molar refractivity (Wildman–Crippen MR) is 76.7 cm³/mol. The molecule has 1 aromatic carbocycles. The zero-order valence-corrected chi connectivity index (χ0v) is 11.9. The van der Waals surface area contributed by atoms with Gasteiger partial charge in [0, 0.05) is 6.04 Å². The minimum atomic E-state index is -0.782. The number of hydrogen-bond acceptors (Lipinski definition) is 4. The van der Waals surface area contributed by atoms with Gasteiger partial charge in [-0.25, -0.2) is 4.39 Å². The highest BCUT2D eigenvalue weighted by molar-refractivity contribution is 6.31. The zero-order valence-electron chi connectivity index (χ0n) is 11.2. The van der Waals surface area contributed by atoms with E-state index in [1.165, 1.54) is 6.07 Å². The number of benzene rings is 1. The average Bonchev–Trinajstić information content (AvgIpc) is 2.43. The Hall–Kier alpha value is -1.40. The molecule has 2 N–H and O–H groups in total. The Morgan fingerprint density at radius 1 is 1.60 bits per heavy atom. The standard InChI is InChI=1S/C13H17ClFN3O2/c1-8(9-3-2-4-16-7-9)17-12-5-10(14)11(15)6-13(12)18(19)20/h5-6,8-9,16-17H,2-4,7H2,1H3. The molecule has 7 heteroatoms. The lowest BCUT2D eigenvalue weighted by Crippen LogP contribution is -2.38. The smallest absolute Gasteiger partial charge is 0.295 e. The number of halogens is 2. The molecule has 0 aromatic heterocycles. The highest BCUT2D eigenvalue weighted by atomic mass is 35.5. The maximum atomic E-state index is 13.3. The molecule has 1 aromatic rings. The molecular formula is C13H17ClFN3O2. The SMILES string of the molecule is CC(Nc1cc(Cl)c(F)cc1[N+](=O)[O-])C1CCCNC1. The molecule has 1 aliphatic rings. The van der Waals surface area contributed by atoms with E-state index < -0.39 is 10.7 Å². The van der Waals surface area contributed by atoms with Crippen LogP contribution in [0.1, 0.15) is 19.8 Å². The van der Waals surface area contributed by atoms with Gasteiger partial charge in [0.1, 0.15) is 11.5 Å². The number of rotatable bonds is 4. The van der Waals surface area contributed by atoms with Crippen LogP contribution < -0.4 is 10.6 Å². The first kappa shape index (κ1) is 15.0. The van der Waals surface area contributed by atoms with Crippen LogP contribution in [0.5, 0.6) is 0 Å². The molecule has 1 aliphatic heterocycles. The van der Waals surface area contributed by atoms with Gasteiger partial charge in [-0.1, -0.05) is 11.6 Å². The number of nitrogens with zero attached hydrogens (tertiary/aromatic N) is 1. The topological polar surface area (TPSA) is 67.2 Å². The molecule has 5 nitrogen and oxygen atoms in total. The maximum absolute atomic E-state index is 13.3. The largest absolute Gasteiger partial charge is 0.377 e. The summed E-state index contributed by atoms with van der Waals surface area (Å²) in [5.74, 6) is -0.400. The van der Waals surface area contributed by atoms with Gasteiger partial charge >= 0.3 is 0 Å². The van der Waals surface area contributed by atoms with Gasteiger partial charge in [0.15, 0.2) is 0 Å². The van der Waals surface area contributed by atoms with Crippen molar-refractivity contribution >= 4 is 23.0 Å². The van der Waals surface area contributed by atoms with Crippen molar-refractivity contribution in [2.75, 3.05) is 18.4 Å². The van der Waals surface area contributed by atoms with Crippen LogP contribution in [0, 0.1) is 21.8 Å². The van der Waals surface area contributed by atoms with Crippen LogP contribution in [0.3, 0.4) is 0 Å². The van der Waals surface area contributed by atoms with Crippen LogP contribution in [0.25, 0.3) is 0 Å². The van der Waals surface area contributed by atoms with E-state index in [4.69, 9.17) is 11.6 Å². The first-order valence-corrected chi connectivity index (χ1v) is 6.97. The van der Waals surface area contributed by atoms with Crippen molar-refractivity contribution in [2.24, 2.45) is 5.92 Å². The van der Waals surface area contributed by atoms with Crippen molar-refractivity contribution in [3.63, 3.8) is 0 Å². The van der Waals surface area contributed by atoms with Crippen LogP contribution in [-0.4, -0.2) is 24.1 Å². The van der Waals surface area contributed by atoms with Gasteiger partial charge in [0.25, 0.3) is 5.69 Å². The molecule has 110 valence electrons. The fourth-order valence-electron chi connectivity index (χ4n) is 2.47. The molecule has 0 aliphatic carbocycles. The van der Waals surface area contributed by atoms with E-state index >= 15 is 0 Å². The van der Waals surface area contributed by atoms with E-state index in [-0.39, 0.29) is 22.4 Å². The van der Waals surface area contributed by atoms with Crippen LogP contribution in [0.2, 0.25) is 5.02 Å². The number of piperidine rings is 1. The van der Waals surface area contributed by atoms with Crippen LogP contribution in [0.15, 0.2) is 12.1 Å². The van der Waals surface area contributed by atoms with Gasteiger partial charge in [-0.05, 0) is 44.8 Å². The van der Waals surface area contributed by atoms with Crippen molar-refractivity contribution in [3.8, 4) is 0 Å². The summed E-state index contributed by atoms with van der Waals surface area (Å²) in [4.78, 5) is 10.4. The summed E-state index contributed by atoms with van der Waals surface area (Å²) >= 11 is 5.71. The molecular weight excluding hydrogens is 285 g/mol. The summed E-state index contributed by atoms with van der Waals surface area (Å²) in [5.41, 5.74) is -0.0259. The first-order valence-electron chi connectivity index (χ1n) is 6.59. The fourth-order valence-corrected chi connectivity index (χ4v) is 2.64. The lowest BCUT2D eigenvalue weighted by molar-refractivity contribution is -0.384. The normalized spacial score (nSPS) is 20.4. The Labute approximate surface area is 121 Å². The monoisotopic (exact) mass is 301 g/mol. The first-order chi connectivity index (χ1) is 9.49. The van der Waals surface area contributed by atoms with E-state index in [1.807, 2.05) is 6.92 Å². The number of hydrogen-bond donors (Lipinski definition) is 2. The average molecular weight is 302 g/mol. The third kappa shape index (κ3) is 3.37. The fraction of sp³-hybridized carbons (Fsp3) is 0.538. The molecule has 0 amide bonds. The van der Waals surface area contributed by atoms with Crippen molar-refractivity contribution in [1.29, 1.82) is 0 Å². The molecule has 0 saturated carbocycles. The van der Waals surface area contributed by atoms with Crippen LogP contribution in [-0.2, 0) is 0 Å². The summed E-state index contributed by atoms with van der Waals surface area (Å²) in [6, 6.07) is 2.18. The second-order valence-corrected chi connectivity index (χ2v) is 5.49. The van der Waals surface area contributed by atoms with Gasteiger partial charge < -0.3 is 10.6 Å². The second-order valence-electron chi connectivity index (χ2n) is 5.08. The molecule has 0 spiro atoms. The lowest BCUT2D eigenvalue weighted by atomic mass is 9.92. The third-order valence-electron chi connectivity index (χ3n) is 3.66. The van der Waals surface area contributed by atoms with Crippen molar-refractivity contribution in [3.05, 3.63) is 33.1 Å². The number of nitrogens with one attached hydrogen (secondary N) is 2. The third-order valence-corrected chi connectivity index (χ3v) is 3.95. The van der Waals surface area contributed by atoms with E-state index in [1.54, 1.807) is 0 Å². The molecule has 20 heavy (non-hydrogen) atoms. The van der Waals surface area contributed by atoms with Crippen molar-refractivity contribution in [1.82, 2.24) is 5.32 Å². The molecule has 2 rings (SSSR count). The second kappa shape index (κ2) is 6.37. The van der Waals surface area contributed by atoms with Crippen molar-refractivity contribution in [2.45, 2.75) is 25.8 Å². The molecule has 2 atom stereocenters. The lowest BCUT2D eigenvalue weighted by Gasteiger charge is -2.29. The summed E-state index contributed by atoms with van der Waals surface area (Å²) in [6.07, 6.45) is 2.15. The number of nitro groups is 1. The molecule has 0 radical (unpaired) electrons. The van der Waals surface area contributed by atoms with E-state index in [0.717, 1.165) is 32.0 Å². The molecule has 1 heterocycles. The van der Waals surface area contributed by atoms with E-state index in [0.29, 0.717) is 5.92 Å². The Morgan fingerprint density at radius 2 is 2.35 bits per heavy atom. The molecule has 1 saturated heterocycles. The summed E-state index contributed by atoms with van der Waals surface area (Å²) in [7, 11) is 0. The predicted octanol–water partition coefficient (Wildman–Crippen LogP) is 3.19. The molecule has 0 bridgehead atoms. The van der Waals surface area contributed by atoms with E-state index in [9.17, 15) is 14.5 Å². The Bertz CT molecular complexity index is 507. The Balaban J connectivity index is 2.19. The quantitative estimate of drug-likeness (QED) is 0.662. The summed E-state index contributed by atoms with van der Waals surface area (Å²) in [6.45, 7) is 3.85. The summed E-state index contributed by atoms with van der Waals surface area (Å²) < 4.78 is 13.3. The number of anilines is 1. The Kier molecular flexibility index (Phi) is 4.77. The van der Waals surface area contributed by atoms with Gasteiger partial charge in [-0.15, -0.1) is 0 Å². The minimum Gasteiger partial charge on any atom is -0.377 e. The van der Waals surface area contributed by atoms with Crippen molar-refractivity contribution < 1.29 is 9.31 Å². The Morgan fingerprint density at radius 3 is 2.95 bits per heavy atom. The minimum absolute atomic E-state index is 0.0445. The van der Waals surface area contributed by atoms with Gasteiger partial charge in [-0.2, -0.15) is 0 Å². The van der Waals surface area contributed by atoms with E-state index in [2.05, 4.69) is 10.6 Å². The van der Waals surface area contributed by atoms with Gasteiger partial charge in [0.05, 0.1) is 16.0 Å². The van der Waals surface area contributed by atoms with Gasteiger partial charge in [-0.3, -0.25) is 10.1 Å². The van der Waals surface area contributed by atoms with Gasteiger partial charge in [0.2, 0.25) is 0 Å². The molecule has 1 fully saturated rings. The maximum Gasteiger partial charge on any atom is 0.295 e. The van der Waals surface area contributed by atoms with Crippen LogP contribution >= 0.6 is 11.6 Å². The zero-order chi connectivity index (χ0) is 14.7. The van der Waals surface area contributed by atoms with Crippen LogP contribution in [0.4, 0.5) is 15.8 Å². The highest BCUT2D eigenvalue weighted by Crippen LogP contribution is 2.31.